The van der Waals surface area contributed by atoms with Crippen molar-refractivity contribution >= 4 is 17.3 Å². The van der Waals surface area contributed by atoms with E-state index in [1.54, 1.807) is 0 Å². The van der Waals surface area contributed by atoms with Gasteiger partial charge in [0.25, 0.3) is 0 Å². The molecular weight excluding hydrogens is 256 g/mol. The zero-order valence-electron chi connectivity index (χ0n) is 12.5. The average molecular weight is 281 g/mol. The van der Waals surface area contributed by atoms with E-state index in [9.17, 15) is 0 Å². The van der Waals surface area contributed by atoms with Crippen molar-refractivity contribution in [1.29, 1.82) is 0 Å². The van der Waals surface area contributed by atoms with Crippen molar-refractivity contribution in [1.82, 2.24) is 5.32 Å². The van der Waals surface area contributed by atoms with Gasteiger partial charge in [0.2, 0.25) is 0 Å². The van der Waals surface area contributed by atoms with Crippen LogP contribution in [0.2, 0.25) is 5.02 Å². The Morgan fingerprint density at radius 3 is 2.79 bits per heavy atom. The number of hydrogen-bond acceptors (Lipinski definition) is 2. The maximum Gasteiger partial charge on any atom is 0.0426 e. The van der Waals surface area contributed by atoms with Crippen LogP contribution in [0.15, 0.2) is 18.2 Å². The Morgan fingerprint density at radius 2 is 2.11 bits per heavy atom. The second kappa shape index (κ2) is 5.72. The fraction of sp³-hybridized carbons (Fsp3) is 0.625. The molecule has 0 spiro atoms. The SMILES string of the molecule is Cc1ccc(Cl)cc1N1CCC(CNC(C)(C)C)C1. The fourth-order valence-corrected chi connectivity index (χ4v) is 2.76. The van der Waals surface area contributed by atoms with E-state index in [4.69, 9.17) is 11.6 Å². The molecule has 19 heavy (non-hydrogen) atoms. The molecular formula is C16H25ClN2. The smallest absolute Gasteiger partial charge is 0.0426 e. The van der Waals surface area contributed by atoms with Gasteiger partial charge in [0, 0.05) is 35.9 Å². The van der Waals surface area contributed by atoms with Gasteiger partial charge in [-0.25, -0.2) is 0 Å². The summed E-state index contributed by atoms with van der Waals surface area (Å²) in [5, 5.41) is 4.44. The lowest BCUT2D eigenvalue weighted by atomic mass is 10.1. The predicted octanol–water partition coefficient (Wildman–Crippen LogP) is 3.86. The van der Waals surface area contributed by atoms with Gasteiger partial charge >= 0.3 is 0 Å². The zero-order chi connectivity index (χ0) is 14.0. The lowest BCUT2D eigenvalue weighted by molar-refractivity contribution is 0.383. The third-order valence-corrected chi connectivity index (χ3v) is 3.95. The van der Waals surface area contributed by atoms with Crippen LogP contribution in [0.5, 0.6) is 0 Å². The van der Waals surface area contributed by atoms with Gasteiger partial charge in [-0.3, -0.25) is 0 Å². The Balaban J connectivity index is 1.96. The van der Waals surface area contributed by atoms with Crippen LogP contribution in [0.25, 0.3) is 0 Å². The minimum Gasteiger partial charge on any atom is -0.371 e. The summed E-state index contributed by atoms with van der Waals surface area (Å²) < 4.78 is 0. The highest BCUT2D eigenvalue weighted by molar-refractivity contribution is 6.30. The number of aryl methyl sites for hydroxylation is 1. The highest BCUT2D eigenvalue weighted by Crippen LogP contribution is 2.29. The van der Waals surface area contributed by atoms with E-state index in [-0.39, 0.29) is 5.54 Å². The van der Waals surface area contributed by atoms with E-state index in [2.05, 4.69) is 50.0 Å². The molecule has 1 aliphatic rings. The van der Waals surface area contributed by atoms with Crippen molar-refractivity contribution in [2.45, 2.75) is 39.7 Å². The summed E-state index contributed by atoms with van der Waals surface area (Å²) in [5.41, 5.74) is 2.82. The third-order valence-electron chi connectivity index (χ3n) is 3.72. The second-order valence-electron chi connectivity index (χ2n) is 6.66. The molecule has 0 radical (unpaired) electrons. The Hall–Kier alpha value is -0.730. The molecule has 2 rings (SSSR count). The van der Waals surface area contributed by atoms with Gasteiger partial charge in [0.15, 0.2) is 0 Å². The van der Waals surface area contributed by atoms with E-state index < -0.39 is 0 Å². The van der Waals surface area contributed by atoms with Crippen LogP contribution in [-0.2, 0) is 0 Å². The molecule has 1 aromatic rings. The first-order chi connectivity index (χ1) is 8.85. The van der Waals surface area contributed by atoms with Crippen LogP contribution in [-0.4, -0.2) is 25.2 Å². The molecule has 3 heteroatoms. The molecule has 1 aliphatic heterocycles. The van der Waals surface area contributed by atoms with E-state index in [1.807, 2.05) is 6.07 Å². The lowest BCUT2D eigenvalue weighted by Crippen LogP contribution is -2.39. The molecule has 0 saturated carbocycles. The van der Waals surface area contributed by atoms with Crippen molar-refractivity contribution in [3.05, 3.63) is 28.8 Å². The molecule has 1 fully saturated rings. The molecule has 0 aromatic heterocycles. The van der Waals surface area contributed by atoms with E-state index >= 15 is 0 Å². The van der Waals surface area contributed by atoms with E-state index in [0.29, 0.717) is 0 Å². The molecule has 0 aliphatic carbocycles. The first kappa shape index (κ1) is 14.7. The summed E-state index contributed by atoms with van der Waals surface area (Å²) >= 11 is 6.11. The number of rotatable bonds is 3. The standard InChI is InChI=1S/C16H25ClN2/c1-12-5-6-14(17)9-15(12)19-8-7-13(11-19)10-18-16(2,3)4/h5-6,9,13,18H,7-8,10-11H2,1-4H3. The maximum absolute atomic E-state index is 6.11. The summed E-state index contributed by atoms with van der Waals surface area (Å²) in [6.07, 6.45) is 1.26. The normalized spacial score (nSPS) is 20.1. The van der Waals surface area contributed by atoms with Crippen LogP contribution < -0.4 is 10.2 Å². The number of hydrogen-bond donors (Lipinski definition) is 1. The van der Waals surface area contributed by atoms with Crippen LogP contribution >= 0.6 is 11.6 Å². The minimum absolute atomic E-state index is 0.208. The highest BCUT2D eigenvalue weighted by atomic mass is 35.5. The second-order valence-corrected chi connectivity index (χ2v) is 7.10. The molecule has 0 bridgehead atoms. The summed E-state index contributed by atoms with van der Waals surface area (Å²) in [5.74, 6) is 0.734. The third kappa shape index (κ3) is 4.12. The largest absolute Gasteiger partial charge is 0.371 e. The topological polar surface area (TPSA) is 15.3 Å². The van der Waals surface area contributed by atoms with Crippen LogP contribution in [0.4, 0.5) is 5.69 Å². The minimum atomic E-state index is 0.208. The fourth-order valence-electron chi connectivity index (χ4n) is 2.59. The van der Waals surface area contributed by atoms with Crippen molar-refractivity contribution in [3.63, 3.8) is 0 Å². The zero-order valence-corrected chi connectivity index (χ0v) is 13.2. The molecule has 1 saturated heterocycles. The molecule has 1 heterocycles. The number of benzene rings is 1. The van der Waals surface area contributed by atoms with Gasteiger partial charge in [-0.05, 0) is 57.7 Å². The monoisotopic (exact) mass is 280 g/mol. The molecule has 2 nitrogen and oxygen atoms in total. The number of anilines is 1. The number of nitrogens with one attached hydrogen (secondary N) is 1. The van der Waals surface area contributed by atoms with Gasteiger partial charge in [-0.1, -0.05) is 17.7 Å². The average Bonchev–Trinajstić information content (AvgIpc) is 2.77. The first-order valence-electron chi connectivity index (χ1n) is 7.11. The van der Waals surface area contributed by atoms with Crippen molar-refractivity contribution < 1.29 is 0 Å². The number of nitrogens with zero attached hydrogens (tertiary/aromatic N) is 1. The number of halogens is 1. The molecule has 1 N–H and O–H groups in total. The molecule has 0 amide bonds. The Bertz CT molecular complexity index is 437. The molecule has 1 unspecified atom stereocenters. The predicted molar refractivity (Wildman–Crippen MR) is 84.3 cm³/mol. The van der Waals surface area contributed by atoms with E-state index in [1.165, 1.54) is 17.7 Å². The highest BCUT2D eigenvalue weighted by Gasteiger charge is 2.24. The quantitative estimate of drug-likeness (QED) is 0.904. The van der Waals surface area contributed by atoms with Gasteiger partial charge in [-0.2, -0.15) is 0 Å². The van der Waals surface area contributed by atoms with Gasteiger partial charge in [0.1, 0.15) is 0 Å². The van der Waals surface area contributed by atoms with Crippen molar-refractivity contribution in [3.8, 4) is 0 Å². The van der Waals surface area contributed by atoms with Gasteiger partial charge in [0.05, 0.1) is 0 Å². The summed E-state index contributed by atoms with van der Waals surface area (Å²) in [7, 11) is 0. The van der Waals surface area contributed by atoms with Gasteiger partial charge < -0.3 is 10.2 Å². The maximum atomic E-state index is 6.11. The van der Waals surface area contributed by atoms with Crippen LogP contribution in [0.1, 0.15) is 32.8 Å². The van der Waals surface area contributed by atoms with Crippen LogP contribution in [0.3, 0.4) is 0 Å². The molecule has 1 aromatic carbocycles. The van der Waals surface area contributed by atoms with Crippen molar-refractivity contribution in [2.75, 3.05) is 24.5 Å². The molecule has 106 valence electrons. The van der Waals surface area contributed by atoms with Crippen molar-refractivity contribution in [2.24, 2.45) is 5.92 Å². The Kier molecular flexibility index (Phi) is 4.42. The lowest BCUT2D eigenvalue weighted by Gasteiger charge is -2.24. The summed E-state index contributed by atoms with van der Waals surface area (Å²) in [6.45, 7) is 12.2. The summed E-state index contributed by atoms with van der Waals surface area (Å²) in [6, 6.07) is 6.17. The van der Waals surface area contributed by atoms with Gasteiger partial charge in [-0.15, -0.1) is 0 Å². The molecule has 1 atom stereocenters. The Morgan fingerprint density at radius 1 is 1.37 bits per heavy atom. The Labute approximate surface area is 122 Å². The summed E-state index contributed by atoms with van der Waals surface area (Å²) in [4.78, 5) is 2.47. The first-order valence-corrected chi connectivity index (χ1v) is 7.49. The van der Waals surface area contributed by atoms with Crippen LogP contribution in [0, 0.1) is 12.8 Å². The van der Waals surface area contributed by atoms with E-state index in [0.717, 1.165) is 30.6 Å².